The highest BCUT2D eigenvalue weighted by Gasteiger charge is 2.29. The summed E-state index contributed by atoms with van der Waals surface area (Å²) < 4.78 is 0. The first kappa shape index (κ1) is 24.7. The lowest BCUT2D eigenvalue weighted by Crippen LogP contribution is -2.45. The zero-order valence-electron chi connectivity index (χ0n) is 17.6. The van der Waals surface area contributed by atoms with Crippen molar-refractivity contribution >= 4 is 35.8 Å². The van der Waals surface area contributed by atoms with Gasteiger partial charge in [0.1, 0.15) is 0 Å². The van der Waals surface area contributed by atoms with Crippen LogP contribution in [0.3, 0.4) is 0 Å². The largest absolute Gasteiger partial charge is 0.356 e. The minimum absolute atomic E-state index is 0. The van der Waals surface area contributed by atoms with Gasteiger partial charge in [0, 0.05) is 57.6 Å². The molecule has 1 aliphatic rings. The van der Waals surface area contributed by atoms with Crippen LogP contribution in [0.1, 0.15) is 32.8 Å². The Bertz CT molecular complexity index is 615. The normalized spacial score (nSPS) is 17.4. The number of carbonyl (C=O) groups is 1. The topological polar surface area (TPSA) is 68.8 Å². The Morgan fingerprint density at radius 3 is 2.54 bits per heavy atom. The number of hydrogen-bond acceptors (Lipinski definition) is 3. The molecule has 1 amide bonds. The molecule has 28 heavy (non-hydrogen) atoms. The van der Waals surface area contributed by atoms with Crippen LogP contribution in [0, 0.1) is 5.92 Å². The highest BCUT2D eigenvalue weighted by molar-refractivity contribution is 14.0. The van der Waals surface area contributed by atoms with E-state index in [9.17, 15) is 4.79 Å². The van der Waals surface area contributed by atoms with Gasteiger partial charge >= 0.3 is 0 Å². The van der Waals surface area contributed by atoms with E-state index in [1.165, 1.54) is 5.56 Å². The Morgan fingerprint density at radius 1 is 1.18 bits per heavy atom. The predicted molar refractivity (Wildman–Crippen MR) is 127 cm³/mol. The van der Waals surface area contributed by atoms with Gasteiger partial charge in [-0.15, -0.1) is 24.0 Å². The second-order valence-corrected chi connectivity index (χ2v) is 8.20. The van der Waals surface area contributed by atoms with Gasteiger partial charge in [-0.05, 0) is 32.8 Å². The van der Waals surface area contributed by atoms with E-state index in [1.807, 2.05) is 23.1 Å². The standard InChI is InChI=1S/C21H35N5O.HI/c1-21(2,3)25-12-11-23-20(22-4)24-15-18-14-19(27)26(16-18)13-10-17-8-6-5-7-9-17;/h5-9,18,25H,10-16H2,1-4H3,(H2,22,23,24);1H. The van der Waals surface area contributed by atoms with Crippen molar-refractivity contribution in [3.8, 4) is 0 Å². The number of rotatable bonds is 8. The molecule has 2 rings (SSSR count). The zero-order valence-corrected chi connectivity index (χ0v) is 20.0. The average molecular weight is 501 g/mol. The fraction of sp³-hybridized carbons (Fsp3) is 0.619. The van der Waals surface area contributed by atoms with Gasteiger partial charge in [-0.25, -0.2) is 0 Å². The number of guanidine groups is 1. The molecule has 1 aromatic rings. The van der Waals surface area contributed by atoms with Crippen LogP contribution in [-0.4, -0.2) is 62.1 Å². The fourth-order valence-corrected chi connectivity index (χ4v) is 3.20. The number of carbonyl (C=O) groups excluding carboxylic acids is 1. The molecule has 1 saturated heterocycles. The van der Waals surface area contributed by atoms with E-state index in [0.717, 1.165) is 45.1 Å². The molecule has 0 radical (unpaired) electrons. The minimum atomic E-state index is 0. The lowest BCUT2D eigenvalue weighted by molar-refractivity contribution is -0.127. The van der Waals surface area contributed by atoms with Gasteiger partial charge in [0.2, 0.25) is 5.91 Å². The van der Waals surface area contributed by atoms with E-state index in [1.54, 1.807) is 7.05 Å². The van der Waals surface area contributed by atoms with Gasteiger partial charge in [0.05, 0.1) is 0 Å². The number of aliphatic imine (C=N–C) groups is 1. The highest BCUT2D eigenvalue weighted by Crippen LogP contribution is 2.17. The van der Waals surface area contributed by atoms with Crippen molar-refractivity contribution in [2.75, 3.05) is 39.8 Å². The van der Waals surface area contributed by atoms with Gasteiger partial charge < -0.3 is 20.9 Å². The van der Waals surface area contributed by atoms with E-state index in [4.69, 9.17) is 0 Å². The van der Waals surface area contributed by atoms with Gasteiger partial charge in [-0.3, -0.25) is 9.79 Å². The summed E-state index contributed by atoms with van der Waals surface area (Å²) in [5, 5.41) is 10.1. The summed E-state index contributed by atoms with van der Waals surface area (Å²) in [6, 6.07) is 10.3. The Kier molecular flexibility index (Phi) is 10.8. The lowest BCUT2D eigenvalue weighted by atomic mass is 10.1. The quantitative estimate of drug-likeness (QED) is 0.221. The van der Waals surface area contributed by atoms with Crippen molar-refractivity contribution in [3.05, 3.63) is 35.9 Å². The molecule has 0 aromatic heterocycles. The first-order valence-corrected chi connectivity index (χ1v) is 9.88. The van der Waals surface area contributed by atoms with Crippen LogP contribution in [0.25, 0.3) is 0 Å². The van der Waals surface area contributed by atoms with Crippen molar-refractivity contribution < 1.29 is 4.79 Å². The van der Waals surface area contributed by atoms with Crippen LogP contribution < -0.4 is 16.0 Å². The summed E-state index contributed by atoms with van der Waals surface area (Å²) >= 11 is 0. The maximum atomic E-state index is 12.3. The van der Waals surface area contributed by atoms with E-state index in [-0.39, 0.29) is 35.4 Å². The number of hydrogen-bond donors (Lipinski definition) is 3. The Morgan fingerprint density at radius 2 is 1.89 bits per heavy atom. The van der Waals surface area contributed by atoms with E-state index < -0.39 is 0 Å². The van der Waals surface area contributed by atoms with Gasteiger partial charge in [0.25, 0.3) is 0 Å². The second-order valence-electron chi connectivity index (χ2n) is 8.20. The predicted octanol–water partition coefficient (Wildman–Crippen LogP) is 2.25. The first-order chi connectivity index (χ1) is 12.9. The maximum Gasteiger partial charge on any atom is 0.223 e. The second kappa shape index (κ2) is 12.3. The summed E-state index contributed by atoms with van der Waals surface area (Å²) in [6.45, 7) is 10.5. The van der Waals surface area contributed by atoms with Gasteiger partial charge in [0.15, 0.2) is 5.96 Å². The van der Waals surface area contributed by atoms with Crippen LogP contribution in [0.2, 0.25) is 0 Å². The van der Waals surface area contributed by atoms with E-state index in [0.29, 0.717) is 12.3 Å². The summed E-state index contributed by atoms with van der Waals surface area (Å²) in [7, 11) is 1.78. The Hall–Kier alpha value is -1.35. The molecule has 1 fully saturated rings. The number of halogens is 1. The minimum Gasteiger partial charge on any atom is -0.356 e. The van der Waals surface area contributed by atoms with Crippen LogP contribution in [0.15, 0.2) is 35.3 Å². The molecule has 1 atom stereocenters. The number of benzene rings is 1. The van der Waals surface area contributed by atoms with Crippen molar-refractivity contribution in [1.29, 1.82) is 0 Å². The summed E-state index contributed by atoms with van der Waals surface area (Å²) in [4.78, 5) is 18.5. The molecule has 0 saturated carbocycles. The molecule has 3 N–H and O–H groups in total. The molecule has 1 heterocycles. The Balaban J connectivity index is 0.00000392. The smallest absolute Gasteiger partial charge is 0.223 e. The number of likely N-dealkylation sites (tertiary alicyclic amines) is 1. The monoisotopic (exact) mass is 501 g/mol. The molecule has 7 heteroatoms. The molecule has 1 unspecified atom stereocenters. The van der Waals surface area contributed by atoms with Crippen molar-refractivity contribution in [2.45, 2.75) is 39.2 Å². The van der Waals surface area contributed by atoms with Crippen LogP contribution in [-0.2, 0) is 11.2 Å². The number of nitrogens with one attached hydrogen (secondary N) is 3. The van der Waals surface area contributed by atoms with Gasteiger partial charge in [-0.2, -0.15) is 0 Å². The molecule has 0 spiro atoms. The first-order valence-electron chi connectivity index (χ1n) is 9.88. The molecular formula is C21H36IN5O. The molecule has 158 valence electrons. The molecule has 6 nitrogen and oxygen atoms in total. The Labute approximate surface area is 187 Å². The maximum absolute atomic E-state index is 12.3. The molecule has 1 aromatic carbocycles. The van der Waals surface area contributed by atoms with E-state index in [2.05, 4.69) is 53.8 Å². The molecule has 1 aliphatic heterocycles. The third-order valence-corrected chi connectivity index (χ3v) is 4.66. The SMILES string of the molecule is CN=C(NCCNC(C)(C)C)NCC1CC(=O)N(CCc2ccccc2)C1.I. The molecule has 0 aliphatic carbocycles. The zero-order chi connectivity index (χ0) is 19.7. The third kappa shape index (κ3) is 9.23. The molecular weight excluding hydrogens is 465 g/mol. The fourth-order valence-electron chi connectivity index (χ4n) is 3.20. The van der Waals surface area contributed by atoms with Crippen molar-refractivity contribution in [3.63, 3.8) is 0 Å². The average Bonchev–Trinajstić information content (AvgIpc) is 2.99. The highest BCUT2D eigenvalue weighted by atomic mass is 127. The van der Waals surface area contributed by atoms with E-state index >= 15 is 0 Å². The number of amides is 1. The van der Waals surface area contributed by atoms with Gasteiger partial charge in [-0.1, -0.05) is 30.3 Å². The summed E-state index contributed by atoms with van der Waals surface area (Å²) in [5.41, 5.74) is 1.40. The summed E-state index contributed by atoms with van der Waals surface area (Å²) in [6.07, 6.45) is 1.53. The van der Waals surface area contributed by atoms with Crippen LogP contribution in [0.5, 0.6) is 0 Å². The third-order valence-electron chi connectivity index (χ3n) is 4.66. The van der Waals surface area contributed by atoms with Crippen molar-refractivity contribution in [2.24, 2.45) is 10.9 Å². The summed E-state index contributed by atoms with van der Waals surface area (Å²) in [5.74, 6) is 1.38. The van der Waals surface area contributed by atoms with Crippen molar-refractivity contribution in [1.82, 2.24) is 20.9 Å². The van der Waals surface area contributed by atoms with Crippen LogP contribution in [0.4, 0.5) is 0 Å². The van der Waals surface area contributed by atoms with Crippen LogP contribution >= 0.6 is 24.0 Å². The number of nitrogens with zero attached hydrogens (tertiary/aromatic N) is 2. The molecule has 0 bridgehead atoms. The lowest BCUT2D eigenvalue weighted by Gasteiger charge is -2.21.